The molecular formula is C22H29N3O5. The molecule has 0 saturated carbocycles. The molecule has 4 rings (SSSR count). The molecule has 0 unspecified atom stereocenters. The van der Waals surface area contributed by atoms with E-state index in [1.165, 1.54) is 0 Å². The van der Waals surface area contributed by atoms with Crippen LogP contribution in [0, 0.1) is 0 Å². The van der Waals surface area contributed by atoms with Gasteiger partial charge in [-0.15, -0.1) is 0 Å². The fourth-order valence-electron chi connectivity index (χ4n) is 4.14. The van der Waals surface area contributed by atoms with Gasteiger partial charge in [0.15, 0.2) is 0 Å². The van der Waals surface area contributed by atoms with Crippen LogP contribution in [0.4, 0.5) is 0 Å². The number of H-pyrrole nitrogens is 1. The minimum atomic E-state index is -0.250. The second-order valence-electron chi connectivity index (χ2n) is 7.50. The van der Waals surface area contributed by atoms with Gasteiger partial charge >= 0.3 is 0 Å². The average molecular weight is 415 g/mol. The Morgan fingerprint density at radius 2 is 1.87 bits per heavy atom. The van der Waals surface area contributed by atoms with Crippen molar-refractivity contribution < 1.29 is 24.5 Å². The van der Waals surface area contributed by atoms with E-state index in [9.17, 15) is 9.90 Å². The van der Waals surface area contributed by atoms with Crippen molar-refractivity contribution in [3.8, 4) is 0 Å². The number of ether oxygens (including phenoxy) is 1. The number of carboxylic acid groups (broad SMARTS) is 1. The second kappa shape index (κ2) is 10.9. The van der Waals surface area contributed by atoms with Crippen LogP contribution in [-0.2, 0) is 9.53 Å². The van der Waals surface area contributed by atoms with Crippen molar-refractivity contribution in [3.63, 3.8) is 0 Å². The summed E-state index contributed by atoms with van der Waals surface area (Å²) < 4.78 is 6.17. The minimum absolute atomic E-state index is 0.0347. The molecule has 2 aromatic rings. The Kier molecular flexibility index (Phi) is 8.01. The number of aliphatic hydroxyl groups excluding tert-OH is 1. The summed E-state index contributed by atoms with van der Waals surface area (Å²) >= 11 is 0. The van der Waals surface area contributed by atoms with Crippen molar-refractivity contribution in [3.05, 3.63) is 59.9 Å². The predicted octanol–water partition coefficient (Wildman–Crippen LogP) is 1.75. The molecule has 1 aromatic carbocycles. The fourth-order valence-corrected chi connectivity index (χ4v) is 4.14. The van der Waals surface area contributed by atoms with Crippen molar-refractivity contribution in [2.24, 2.45) is 0 Å². The number of aromatic nitrogens is 1. The largest absolute Gasteiger partial charge is 0.483 e. The Labute approximate surface area is 176 Å². The first kappa shape index (κ1) is 22.0. The first-order valence-corrected chi connectivity index (χ1v) is 10.2. The number of nitrogens with zero attached hydrogens (tertiary/aromatic N) is 2. The number of benzene rings is 1. The van der Waals surface area contributed by atoms with Gasteiger partial charge in [-0.25, -0.2) is 0 Å². The van der Waals surface area contributed by atoms with Gasteiger partial charge in [0.05, 0.1) is 30.4 Å². The summed E-state index contributed by atoms with van der Waals surface area (Å²) in [4.78, 5) is 28.8. The zero-order chi connectivity index (χ0) is 21.3. The molecule has 1 amide bonds. The van der Waals surface area contributed by atoms with Gasteiger partial charge in [0.1, 0.15) is 0 Å². The smallest absolute Gasteiger partial charge is 0.290 e. The molecule has 8 nitrogen and oxygen atoms in total. The number of carbonyl (C=O) groups is 2. The molecular weight excluding hydrogens is 386 g/mol. The molecule has 2 aliphatic heterocycles. The summed E-state index contributed by atoms with van der Waals surface area (Å²) in [7, 11) is 0. The first-order chi connectivity index (χ1) is 14.6. The van der Waals surface area contributed by atoms with Crippen molar-refractivity contribution in [2.75, 3.05) is 32.8 Å². The highest BCUT2D eigenvalue weighted by Gasteiger charge is 2.38. The highest BCUT2D eigenvalue weighted by atomic mass is 16.5. The Bertz CT molecular complexity index is 775. The molecule has 2 saturated heterocycles. The van der Waals surface area contributed by atoms with Gasteiger partial charge in [0, 0.05) is 38.6 Å². The van der Waals surface area contributed by atoms with E-state index in [0.29, 0.717) is 18.7 Å². The second-order valence-corrected chi connectivity index (χ2v) is 7.50. The number of likely N-dealkylation sites (tertiary alicyclic amines) is 1. The van der Waals surface area contributed by atoms with E-state index in [4.69, 9.17) is 14.6 Å². The maximum Gasteiger partial charge on any atom is 0.290 e. The quantitative estimate of drug-likeness (QED) is 0.657. The molecule has 3 N–H and O–H groups in total. The van der Waals surface area contributed by atoms with Gasteiger partial charge < -0.3 is 29.7 Å². The van der Waals surface area contributed by atoms with Crippen LogP contribution in [0.2, 0.25) is 0 Å². The molecule has 1 aromatic heterocycles. The summed E-state index contributed by atoms with van der Waals surface area (Å²) in [5, 5.41) is 16.7. The maximum absolute atomic E-state index is 13.1. The van der Waals surface area contributed by atoms with Crippen LogP contribution >= 0.6 is 0 Å². The topological polar surface area (TPSA) is 106 Å². The summed E-state index contributed by atoms with van der Waals surface area (Å²) in [6, 6.07) is 11.9. The first-order valence-electron chi connectivity index (χ1n) is 10.2. The van der Waals surface area contributed by atoms with Crippen molar-refractivity contribution in [1.82, 2.24) is 14.8 Å². The van der Waals surface area contributed by atoms with Gasteiger partial charge in [-0.2, -0.15) is 0 Å². The number of aromatic amines is 1. The molecule has 8 heteroatoms. The van der Waals surface area contributed by atoms with E-state index in [1.54, 1.807) is 12.4 Å². The Morgan fingerprint density at radius 3 is 2.50 bits per heavy atom. The number of carbonyl (C=O) groups excluding carboxylic acids is 1. The van der Waals surface area contributed by atoms with Gasteiger partial charge in [0.2, 0.25) is 0 Å². The number of aliphatic hydroxyl groups is 1. The molecule has 2 aliphatic rings. The highest BCUT2D eigenvalue weighted by molar-refractivity contribution is 5.94. The van der Waals surface area contributed by atoms with Crippen LogP contribution in [0.25, 0.3) is 0 Å². The lowest BCUT2D eigenvalue weighted by Crippen LogP contribution is -2.52. The molecule has 30 heavy (non-hydrogen) atoms. The zero-order valence-corrected chi connectivity index (χ0v) is 16.9. The third-order valence-corrected chi connectivity index (χ3v) is 5.59. The van der Waals surface area contributed by atoms with Crippen LogP contribution in [0.15, 0.2) is 48.8 Å². The van der Waals surface area contributed by atoms with Crippen molar-refractivity contribution >= 4 is 12.4 Å². The summed E-state index contributed by atoms with van der Waals surface area (Å²) in [6.45, 7) is 3.38. The number of hydrogen-bond acceptors (Lipinski definition) is 5. The monoisotopic (exact) mass is 415 g/mol. The normalized spacial score (nSPS) is 22.8. The van der Waals surface area contributed by atoms with Gasteiger partial charge in [0.25, 0.3) is 12.4 Å². The lowest BCUT2D eigenvalue weighted by atomic mass is 9.96. The number of piperidine rings is 1. The van der Waals surface area contributed by atoms with E-state index >= 15 is 0 Å². The Balaban J connectivity index is 0.000000806. The van der Waals surface area contributed by atoms with E-state index in [2.05, 4.69) is 22.0 Å². The number of nitrogens with one attached hydrogen (secondary N) is 1. The number of amides is 1. The van der Waals surface area contributed by atoms with E-state index in [1.807, 2.05) is 29.2 Å². The predicted molar refractivity (Wildman–Crippen MR) is 111 cm³/mol. The molecule has 2 fully saturated rings. The lowest BCUT2D eigenvalue weighted by Gasteiger charge is -2.44. The average Bonchev–Trinajstić information content (AvgIpc) is 3.31. The molecule has 0 aliphatic carbocycles. The Morgan fingerprint density at radius 1 is 1.17 bits per heavy atom. The molecule has 2 atom stereocenters. The number of rotatable bonds is 4. The summed E-state index contributed by atoms with van der Waals surface area (Å²) in [5.41, 5.74) is 1.78. The summed E-state index contributed by atoms with van der Waals surface area (Å²) in [6.07, 6.45) is 4.86. The SMILES string of the molecule is O=C(c1cc[nH]c1)N1CCO[C@@H](CN2CCC(O)CC2)[C@@H]1c1ccccc1.O=CO. The van der Waals surface area contributed by atoms with Crippen LogP contribution in [-0.4, -0.2) is 82.4 Å². The van der Waals surface area contributed by atoms with E-state index < -0.39 is 0 Å². The number of morpholine rings is 1. The number of hydrogen-bond donors (Lipinski definition) is 3. The van der Waals surface area contributed by atoms with Crippen LogP contribution in [0.5, 0.6) is 0 Å². The Hall–Kier alpha value is -2.68. The van der Waals surface area contributed by atoms with Crippen LogP contribution in [0.3, 0.4) is 0 Å². The van der Waals surface area contributed by atoms with Gasteiger partial charge in [-0.1, -0.05) is 30.3 Å². The van der Waals surface area contributed by atoms with Crippen LogP contribution in [0.1, 0.15) is 34.8 Å². The van der Waals surface area contributed by atoms with Gasteiger partial charge in [-0.05, 0) is 24.5 Å². The molecule has 0 bridgehead atoms. The van der Waals surface area contributed by atoms with Crippen LogP contribution < -0.4 is 0 Å². The van der Waals surface area contributed by atoms with Crippen molar-refractivity contribution in [1.29, 1.82) is 0 Å². The maximum atomic E-state index is 13.1. The summed E-state index contributed by atoms with van der Waals surface area (Å²) in [5.74, 6) is 0.0347. The third-order valence-electron chi connectivity index (χ3n) is 5.59. The molecule has 3 heterocycles. The molecule has 162 valence electrons. The minimum Gasteiger partial charge on any atom is -0.483 e. The zero-order valence-electron chi connectivity index (χ0n) is 16.9. The van der Waals surface area contributed by atoms with E-state index in [-0.39, 0.29) is 30.6 Å². The van der Waals surface area contributed by atoms with Gasteiger partial charge in [-0.3, -0.25) is 9.59 Å². The highest BCUT2D eigenvalue weighted by Crippen LogP contribution is 2.32. The molecule has 0 radical (unpaired) electrons. The van der Waals surface area contributed by atoms with Crippen molar-refractivity contribution in [2.45, 2.75) is 31.1 Å². The lowest BCUT2D eigenvalue weighted by molar-refractivity contribution is -0.122. The fraction of sp³-hybridized carbons (Fsp3) is 0.455. The molecule has 0 spiro atoms. The third kappa shape index (κ3) is 5.47. The standard InChI is InChI=1S/C21H27N3O3.CH2O2/c25-18-7-10-23(11-8-18)15-19-20(16-4-2-1-3-5-16)24(12-13-27-19)21(26)17-6-9-22-14-17;2-1-3/h1-6,9,14,18-20,22,25H,7-8,10-13,15H2;1H,(H,2,3)/t19-,20-;/m0./s1. The van der Waals surface area contributed by atoms with E-state index in [0.717, 1.165) is 38.0 Å².